The lowest BCUT2D eigenvalue weighted by atomic mass is 10.1. The largest absolute Gasteiger partial charge is 0.308 e. The van der Waals surface area contributed by atoms with Crippen LogP contribution in [0.1, 0.15) is 119 Å². The van der Waals surface area contributed by atoms with Crippen molar-refractivity contribution in [3.63, 3.8) is 0 Å². The fraction of sp³-hybridized carbons (Fsp3) is 0.190. The fourth-order valence-corrected chi connectivity index (χ4v) is 16.3. The summed E-state index contributed by atoms with van der Waals surface area (Å²) in [4.78, 5) is 88.7. The molecule has 0 aliphatic carbocycles. The van der Waals surface area contributed by atoms with E-state index in [9.17, 15) is 28.8 Å². The minimum atomic E-state index is -0.208. The molecule has 672 valence electrons. The zero-order chi connectivity index (χ0) is 95.6. The van der Waals surface area contributed by atoms with Crippen LogP contribution in [0, 0.1) is 109 Å². The van der Waals surface area contributed by atoms with Crippen molar-refractivity contribution in [2.75, 3.05) is 0 Å². The van der Waals surface area contributed by atoms with Crippen molar-refractivity contribution in [3.8, 4) is 0 Å². The van der Waals surface area contributed by atoms with Gasteiger partial charge in [0.1, 0.15) is 0 Å². The van der Waals surface area contributed by atoms with Crippen LogP contribution < -0.4 is 33.4 Å². The van der Waals surface area contributed by atoms with Crippen LogP contribution in [0.4, 0.5) is 0 Å². The van der Waals surface area contributed by atoms with Crippen LogP contribution in [0.15, 0.2) is 320 Å². The first-order valence-electron chi connectivity index (χ1n) is 47.7. The molecule has 0 N–H and O–H groups in total. The van der Waals surface area contributed by atoms with Crippen molar-refractivity contribution in [1.82, 2.24) is 27.4 Å². The minimum absolute atomic E-state index is 0.179. The topological polar surface area (TPSA) is 132 Å². The third-order valence-electron chi connectivity index (χ3n) is 24.4. The van der Waals surface area contributed by atoms with Gasteiger partial charge in [-0.3, -0.25) is 28.8 Å². The van der Waals surface area contributed by atoms with Gasteiger partial charge < -0.3 is 27.4 Å². The summed E-state index contributed by atoms with van der Waals surface area (Å²) in [7, 11) is 0. The first-order valence-corrected chi connectivity index (χ1v) is 47.7. The normalized spacial score (nSPS) is 10.6. The van der Waals surface area contributed by atoms with E-state index in [4.69, 9.17) is 0 Å². The highest BCUT2D eigenvalue weighted by Gasteiger charge is 2.11. The number of aryl methyl sites for hydroxylation is 6. The monoisotopic (exact) mass is 1790 g/mol. The summed E-state index contributed by atoms with van der Waals surface area (Å²) >= 11 is 0. The maximum atomic E-state index is 14.9. The van der Waals surface area contributed by atoms with Crippen LogP contribution in [0.25, 0.3) is 162 Å². The quantitative estimate of drug-likeness (QED) is 0.0840. The average molecular weight is 1800 g/mol. The van der Waals surface area contributed by atoms with Crippen LogP contribution in [-0.4, -0.2) is 27.4 Å². The fourth-order valence-electron chi connectivity index (χ4n) is 16.3. The second kappa shape index (κ2) is 45.4. The smallest absolute Gasteiger partial charge is 0.258 e. The van der Waals surface area contributed by atoms with Gasteiger partial charge in [-0.1, -0.05) is 214 Å². The summed E-state index contributed by atoms with van der Waals surface area (Å²) < 4.78 is 10.7. The van der Waals surface area contributed by atoms with Crippen molar-refractivity contribution in [2.24, 2.45) is 0 Å². The number of hydrogen-bond acceptors (Lipinski definition) is 6. The van der Waals surface area contributed by atoms with Gasteiger partial charge in [0.15, 0.2) is 0 Å². The number of unbranched alkanes of at least 4 members (excludes halogenated alkanes) is 6. The van der Waals surface area contributed by atoms with Gasteiger partial charge in [0, 0.05) is 180 Å². The number of benzene rings is 13. The molecule has 0 amide bonds. The minimum Gasteiger partial charge on any atom is -0.308 e. The average Bonchev–Trinajstić information content (AvgIpc) is 0.793. The Balaban J connectivity index is 1.07. The summed E-state index contributed by atoms with van der Waals surface area (Å²) in [5, 5.41) is 13.0. The standard InChI is InChI=1S/C126H102N6O6/c1-7-13-85-127-111-69-33-91(34-70-111)27-45-97-23-19-21-25-99(97)67-81-117-101(47-29-93-37-73-113(74-38-93)129(87-15-9-3)123(135)107-59-55-105(56-60-107)121(127)133)51-53-103-49-31-95-41-77-115(78-42-95)131(89-17-11-5)125(137)109-63-65-110(66-64-109)126(138)132(90-18-12-6)116-79-43-96(44-80-116)32-50-104-54-52-102-48-30-94-39-75-114(76-40-94)130(88-16-10-4)124(136)108-61-57-106(58-62-108)122(134)128(86-14-8-2)112-71-35-92(36-72-112)28-46-98-24-20-22-26-100(98)68-82-118(102)120(104)84-83-119(103)117/h19-26,33-44,51-66,69-80H,7-18,85-90H2,1-6H3. The lowest BCUT2D eigenvalue weighted by Gasteiger charge is -2.07. The third kappa shape index (κ3) is 22.6. The van der Waals surface area contributed by atoms with E-state index in [2.05, 4.69) is 151 Å². The van der Waals surface area contributed by atoms with Crippen molar-refractivity contribution in [1.29, 1.82) is 0 Å². The molecular formula is C126H102N6O6. The number of rotatable bonds is 18. The van der Waals surface area contributed by atoms with Gasteiger partial charge in [0.05, 0.1) is 21.5 Å². The molecule has 0 aliphatic heterocycles. The van der Waals surface area contributed by atoms with E-state index in [0.717, 1.165) is 77.0 Å². The molecule has 0 saturated heterocycles. The molecule has 28 aromatic rings. The summed E-state index contributed by atoms with van der Waals surface area (Å²) in [5.74, 6) is 0. The van der Waals surface area contributed by atoms with E-state index >= 15 is 0 Å². The molecule has 12 heteroatoms. The number of fused-ring (bicyclic) bond motifs is 3. The van der Waals surface area contributed by atoms with E-state index < -0.39 is 0 Å². The Morgan fingerprint density at radius 2 is 0.304 bits per heavy atom. The second-order valence-electron chi connectivity index (χ2n) is 34.0. The van der Waals surface area contributed by atoms with Crippen LogP contribution in [0.5, 0.6) is 0 Å². The SMILES string of the molecule is CCCCn1c(=O)c2ccc(cc2)c(=O)n(CCCC)c2ccc(c#cc3ccc4c#cc5ccc(cc5)n(CCCC)c(=O)c5ccc(cc5)c(=O)n(CCCC)c5ccc(c#cc6ccc7c#cc8ccc(cc8)n(CCCC)c(=O)c8ccc(cc8)c(=O)n(CCCC)c8ccc(c#cc9ccccc9c#cc7c6c#cc4c3c#cc3ccccc3c#cc3ccc1cc3)cc8)cc5)cc2. The Kier molecular flexibility index (Phi) is 30.9. The summed E-state index contributed by atoms with van der Waals surface area (Å²) in [6.07, 6.45) is 9.60. The first kappa shape index (κ1) is 93.9. The molecule has 18 bridgehead atoms. The predicted molar refractivity (Wildman–Crippen MR) is 568 cm³/mol. The number of aromatic nitrogens is 6. The maximum absolute atomic E-state index is 14.9. The molecule has 12 nitrogen and oxygen atoms in total. The molecule has 15 heterocycles. The molecule has 0 atom stereocenters. The molecule has 0 saturated carbocycles. The maximum Gasteiger partial charge on any atom is 0.258 e. The molecule has 28 rings (SSSR count). The zero-order valence-corrected chi connectivity index (χ0v) is 78.6. The van der Waals surface area contributed by atoms with Crippen LogP contribution in [0.2, 0.25) is 0 Å². The summed E-state index contributed by atoms with van der Waals surface area (Å²) in [6.45, 7) is 15.3. The Morgan fingerprint density at radius 3 is 0.464 bits per heavy atom. The zero-order valence-electron chi connectivity index (χ0n) is 78.6. The highest BCUT2D eigenvalue weighted by Crippen LogP contribution is 2.25. The molecule has 15 aromatic heterocycles. The van der Waals surface area contributed by atoms with E-state index in [-0.39, 0.29) is 33.4 Å². The van der Waals surface area contributed by atoms with Gasteiger partial charge in [0.2, 0.25) is 0 Å². The Bertz CT molecular complexity index is 7950. The molecule has 0 radical (unpaired) electrons. The molecule has 13 aromatic carbocycles. The van der Waals surface area contributed by atoms with Gasteiger partial charge in [-0.15, -0.1) is 0 Å². The van der Waals surface area contributed by atoms with Gasteiger partial charge in [-0.25, -0.2) is 0 Å². The van der Waals surface area contributed by atoms with Crippen molar-refractivity contribution in [3.05, 3.63) is 463 Å². The lowest BCUT2D eigenvalue weighted by Crippen LogP contribution is -2.20. The highest BCUT2D eigenvalue weighted by atomic mass is 16.2. The van der Waals surface area contributed by atoms with Gasteiger partial charge in [-0.05, 0) is 305 Å². The Labute approximate surface area is 804 Å². The molecule has 0 fully saturated rings. The van der Waals surface area contributed by atoms with E-state index in [1.165, 1.54) is 0 Å². The van der Waals surface area contributed by atoms with Crippen LogP contribution >= 0.6 is 0 Å². The molecule has 0 spiro atoms. The Hall–Kier alpha value is -17.3. The molecular weight excluding hydrogens is 1690 g/mol. The number of nitrogens with zero attached hydrogens (tertiary/aromatic N) is 6. The summed E-state index contributed by atoms with van der Waals surface area (Å²) in [6, 6.07) is 154. The Morgan fingerprint density at radius 1 is 0.159 bits per heavy atom. The van der Waals surface area contributed by atoms with E-state index in [1.54, 1.807) is 100 Å². The van der Waals surface area contributed by atoms with Gasteiger partial charge in [0.25, 0.3) is 33.4 Å². The molecule has 0 aliphatic rings. The van der Waals surface area contributed by atoms with Gasteiger partial charge in [-0.2, -0.15) is 0 Å². The van der Waals surface area contributed by atoms with Crippen molar-refractivity contribution >= 4 is 162 Å². The van der Waals surface area contributed by atoms with Crippen molar-refractivity contribution in [2.45, 2.75) is 158 Å². The highest BCUT2D eigenvalue weighted by molar-refractivity contribution is 6.07. The first-order chi connectivity index (χ1) is 67.6. The lowest BCUT2D eigenvalue weighted by molar-refractivity contribution is 0.634. The van der Waals surface area contributed by atoms with E-state index in [1.807, 2.05) is 218 Å². The van der Waals surface area contributed by atoms with Gasteiger partial charge >= 0.3 is 0 Å². The molecule has 0 unspecified atom stereocenters. The third-order valence-corrected chi connectivity index (χ3v) is 24.4. The van der Waals surface area contributed by atoms with E-state index in [0.29, 0.717) is 202 Å². The predicted octanol–water partition coefficient (Wildman–Crippen LogP) is 27.0. The van der Waals surface area contributed by atoms with Crippen LogP contribution in [-0.2, 0) is 39.3 Å². The number of hydrogen-bond donors (Lipinski definition) is 0. The van der Waals surface area contributed by atoms with Crippen molar-refractivity contribution < 1.29 is 0 Å². The molecule has 138 heavy (non-hydrogen) atoms. The second-order valence-corrected chi connectivity index (χ2v) is 34.0. The van der Waals surface area contributed by atoms with Crippen LogP contribution in [0.3, 0.4) is 0 Å². The summed E-state index contributed by atoms with van der Waals surface area (Å²) in [5.41, 5.74) is 2.96.